The third-order valence-corrected chi connectivity index (χ3v) is 7.67. The number of nitrogens with zero attached hydrogens (tertiary/aromatic N) is 5. The van der Waals surface area contributed by atoms with Crippen molar-refractivity contribution >= 4 is 52.2 Å². The van der Waals surface area contributed by atoms with Crippen LogP contribution in [0.5, 0.6) is 0 Å². The number of hydrogen-bond acceptors (Lipinski definition) is 9. The molecule has 0 aliphatic carbocycles. The van der Waals surface area contributed by atoms with Crippen LogP contribution in [-0.4, -0.2) is 73.6 Å². The van der Waals surface area contributed by atoms with Gasteiger partial charge in [0.1, 0.15) is 0 Å². The van der Waals surface area contributed by atoms with E-state index in [9.17, 15) is 4.79 Å². The van der Waals surface area contributed by atoms with Crippen LogP contribution in [0.4, 0.5) is 28.1 Å². The van der Waals surface area contributed by atoms with Crippen LogP contribution in [0.25, 0.3) is 22.5 Å². The van der Waals surface area contributed by atoms with E-state index in [1.807, 2.05) is 47.2 Å². The molecule has 2 N–H and O–H groups in total. The second-order valence-corrected chi connectivity index (χ2v) is 10.5. The Hall–Kier alpha value is -3.77. The van der Waals surface area contributed by atoms with Crippen molar-refractivity contribution in [1.82, 2.24) is 15.0 Å². The van der Waals surface area contributed by atoms with Crippen LogP contribution in [0.15, 0.2) is 59.3 Å². The standard InChI is InChI=1S/C28H28ClN7O3S/c29-24-6-5-22(17-23(24)20-7-16-40-18-20)31-28(37)30-21-3-1-19(2-4-21)25-32-26(35-8-12-38-13-9-35)34-27(33-25)36-10-14-39-15-11-36/h1-7,16-18H,8-15H2,(H2,30,31,37). The molecule has 2 saturated heterocycles. The number of nitrogens with one attached hydrogen (secondary N) is 2. The molecule has 10 nitrogen and oxygen atoms in total. The van der Waals surface area contributed by atoms with Crippen molar-refractivity contribution in [3.05, 3.63) is 64.3 Å². The first kappa shape index (κ1) is 26.5. The Bertz CT molecular complexity index is 1420. The molecule has 2 aliphatic heterocycles. The maximum absolute atomic E-state index is 12.7. The van der Waals surface area contributed by atoms with Crippen LogP contribution in [-0.2, 0) is 9.47 Å². The predicted octanol–water partition coefficient (Wildman–Crippen LogP) is 5.24. The number of halogens is 1. The highest BCUT2D eigenvalue weighted by molar-refractivity contribution is 7.08. The number of rotatable bonds is 6. The highest BCUT2D eigenvalue weighted by Gasteiger charge is 2.21. The summed E-state index contributed by atoms with van der Waals surface area (Å²) in [5.41, 5.74) is 4.01. The summed E-state index contributed by atoms with van der Waals surface area (Å²) in [6.07, 6.45) is 0. The Labute approximate surface area is 240 Å². The lowest BCUT2D eigenvalue weighted by Gasteiger charge is -2.30. The molecular weight excluding hydrogens is 550 g/mol. The molecule has 0 unspecified atom stereocenters. The molecule has 206 valence electrons. The van der Waals surface area contributed by atoms with E-state index in [1.165, 1.54) is 0 Å². The number of anilines is 4. The minimum atomic E-state index is -0.351. The third kappa shape index (κ3) is 6.18. The lowest BCUT2D eigenvalue weighted by Crippen LogP contribution is -2.40. The maximum atomic E-state index is 12.7. The number of aromatic nitrogens is 3. The summed E-state index contributed by atoms with van der Waals surface area (Å²) in [6.45, 7) is 5.48. The molecule has 2 fully saturated rings. The Morgan fingerprint density at radius 3 is 1.98 bits per heavy atom. The van der Waals surface area contributed by atoms with Gasteiger partial charge in [0.2, 0.25) is 11.9 Å². The number of hydrogen-bond donors (Lipinski definition) is 2. The van der Waals surface area contributed by atoms with Gasteiger partial charge in [0.25, 0.3) is 0 Å². The largest absolute Gasteiger partial charge is 0.378 e. The molecule has 2 aliphatic rings. The predicted molar refractivity (Wildman–Crippen MR) is 159 cm³/mol. The zero-order chi connectivity index (χ0) is 27.3. The van der Waals surface area contributed by atoms with Gasteiger partial charge in [0.05, 0.1) is 26.4 Å². The van der Waals surface area contributed by atoms with Crippen molar-refractivity contribution in [3.8, 4) is 22.5 Å². The Morgan fingerprint density at radius 2 is 1.38 bits per heavy atom. The normalized spacial score (nSPS) is 15.6. The number of thiophene rings is 1. The highest BCUT2D eigenvalue weighted by atomic mass is 35.5. The molecule has 0 saturated carbocycles. The van der Waals surface area contributed by atoms with E-state index in [0.717, 1.165) is 42.9 Å². The third-order valence-electron chi connectivity index (χ3n) is 6.66. The van der Waals surface area contributed by atoms with Gasteiger partial charge in [-0.3, -0.25) is 0 Å². The van der Waals surface area contributed by atoms with Crippen LogP contribution in [0.3, 0.4) is 0 Å². The Balaban J connectivity index is 1.18. The van der Waals surface area contributed by atoms with Gasteiger partial charge < -0.3 is 29.9 Å². The lowest BCUT2D eigenvalue weighted by molar-refractivity contribution is 0.121. The van der Waals surface area contributed by atoms with Gasteiger partial charge in [0, 0.05) is 53.7 Å². The smallest absolute Gasteiger partial charge is 0.323 e. The topological polar surface area (TPSA) is 105 Å². The van der Waals surface area contributed by atoms with Gasteiger partial charge >= 0.3 is 6.03 Å². The zero-order valence-electron chi connectivity index (χ0n) is 21.7. The van der Waals surface area contributed by atoms with Crippen molar-refractivity contribution in [3.63, 3.8) is 0 Å². The Morgan fingerprint density at radius 1 is 0.775 bits per heavy atom. The fourth-order valence-corrected chi connectivity index (χ4v) is 5.41. The van der Waals surface area contributed by atoms with E-state index in [0.29, 0.717) is 60.5 Å². The van der Waals surface area contributed by atoms with Crippen molar-refractivity contribution in [2.75, 3.05) is 73.0 Å². The van der Waals surface area contributed by atoms with E-state index < -0.39 is 0 Å². The summed E-state index contributed by atoms with van der Waals surface area (Å²) in [6, 6.07) is 14.5. The van der Waals surface area contributed by atoms with Crippen molar-refractivity contribution in [1.29, 1.82) is 0 Å². The first-order valence-corrected chi connectivity index (χ1v) is 14.4. The molecule has 2 amide bonds. The van der Waals surface area contributed by atoms with Crippen LogP contribution >= 0.6 is 22.9 Å². The minimum Gasteiger partial charge on any atom is -0.378 e. The van der Waals surface area contributed by atoms with Crippen LogP contribution < -0.4 is 20.4 Å². The maximum Gasteiger partial charge on any atom is 0.323 e. The van der Waals surface area contributed by atoms with Crippen LogP contribution in [0.2, 0.25) is 5.02 Å². The summed E-state index contributed by atoms with van der Waals surface area (Å²) < 4.78 is 11.0. The number of urea groups is 1. The molecule has 0 atom stereocenters. The first-order valence-electron chi connectivity index (χ1n) is 13.0. The number of carbonyl (C=O) groups excluding carboxylic acids is 1. The monoisotopic (exact) mass is 577 g/mol. The average molecular weight is 578 g/mol. The van der Waals surface area contributed by atoms with E-state index in [-0.39, 0.29) is 6.03 Å². The highest BCUT2D eigenvalue weighted by Crippen LogP contribution is 2.32. The molecular formula is C28H28ClN7O3S. The molecule has 4 aromatic rings. The number of morpholine rings is 2. The summed E-state index contributed by atoms with van der Waals surface area (Å²) in [4.78, 5) is 31.3. The minimum absolute atomic E-state index is 0.351. The number of benzene rings is 2. The summed E-state index contributed by atoms with van der Waals surface area (Å²) in [7, 11) is 0. The second kappa shape index (κ2) is 12.2. The summed E-state index contributed by atoms with van der Waals surface area (Å²) in [5.74, 6) is 1.86. The van der Waals surface area contributed by atoms with Gasteiger partial charge in [0.15, 0.2) is 5.82 Å². The lowest BCUT2D eigenvalue weighted by atomic mass is 10.1. The molecule has 6 rings (SSSR count). The van der Waals surface area contributed by atoms with Gasteiger partial charge in [-0.1, -0.05) is 11.6 Å². The second-order valence-electron chi connectivity index (χ2n) is 9.32. The summed E-state index contributed by atoms with van der Waals surface area (Å²) >= 11 is 7.97. The number of carbonyl (C=O) groups is 1. The average Bonchev–Trinajstić information content (AvgIpc) is 3.54. The van der Waals surface area contributed by atoms with E-state index in [4.69, 9.17) is 36.0 Å². The van der Waals surface area contributed by atoms with Crippen LogP contribution in [0.1, 0.15) is 0 Å². The molecule has 40 heavy (non-hydrogen) atoms. The number of ether oxygens (including phenoxy) is 2. The SMILES string of the molecule is O=C(Nc1ccc(-c2nc(N3CCOCC3)nc(N3CCOCC3)n2)cc1)Nc1ccc(Cl)c(-c2ccsc2)c1. The molecule has 0 bridgehead atoms. The van der Waals surface area contributed by atoms with Crippen molar-refractivity contribution in [2.45, 2.75) is 0 Å². The van der Waals surface area contributed by atoms with E-state index in [1.54, 1.807) is 23.5 Å². The first-order chi connectivity index (χ1) is 19.6. The molecule has 4 heterocycles. The van der Waals surface area contributed by atoms with Gasteiger partial charge in [-0.2, -0.15) is 26.3 Å². The van der Waals surface area contributed by atoms with Crippen molar-refractivity contribution in [2.24, 2.45) is 0 Å². The molecule has 2 aromatic carbocycles. The van der Waals surface area contributed by atoms with Crippen LogP contribution in [0, 0.1) is 0 Å². The van der Waals surface area contributed by atoms with Crippen molar-refractivity contribution < 1.29 is 14.3 Å². The quantitative estimate of drug-likeness (QED) is 0.321. The number of amides is 2. The zero-order valence-corrected chi connectivity index (χ0v) is 23.2. The molecule has 12 heteroatoms. The summed E-state index contributed by atoms with van der Waals surface area (Å²) in [5, 5.41) is 10.4. The fourth-order valence-electron chi connectivity index (χ4n) is 4.53. The fraction of sp³-hybridized carbons (Fsp3) is 0.286. The van der Waals surface area contributed by atoms with Gasteiger partial charge in [-0.05, 0) is 64.9 Å². The molecule has 2 aromatic heterocycles. The molecule has 0 spiro atoms. The van der Waals surface area contributed by atoms with E-state index >= 15 is 0 Å². The van der Waals surface area contributed by atoms with Gasteiger partial charge in [-0.15, -0.1) is 0 Å². The molecule has 0 radical (unpaired) electrons. The van der Waals surface area contributed by atoms with Gasteiger partial charge in [-0.25, -0.2) is 4.79 Å². The Kier molecular flexibility index (Phi) is 8.05. The van der Waals surface area contributed by atoms with E-state index in [2.05, 4.69) is 20.4 Å².